The maximum atomic E-state index is 11.6. The van der Waals surface area contributed by atoms with Gasteiger partial charge in [-0.15, -0.1) is 0 Å². The van der Waals surface area contributed by atoms with E-state index in [1.807, 2.05) is 30.0 Å². The highest BCUT2D eigenvalue weighted by atomic mass is 35.5. The number of nitrogens with zero attached hydrogens (tertiary/aromatic N) is 2. The molecule has 1 N–H and O–H groups in total. The Bertz CT molecular complexity index is 642. The largest absolute Gasteiger partial charge is 0.346 e. The third-order valence-corrected chi connectivity index (χ3v) is 5.73. The SMILES string of the molecule is CC(=O)N1CCC(N(CCC(C)C)C(=S)Nc2ccc(C)c(Cl)c2)CC1. The smallest absolute Gasteiger partial charge is 0.219 e. The van der Waals surface area contributed by atoms with Gasteiger partial charge >= 0.3 is 0 Å². The Morgan fingerprint density at radius 2 is 2.04 bits per heavy atom. The number of nitrogens with one attached hydrogen (secondary N) is 1. The van der Waals surface area contributed by atoms with Crippen LogP contribution in [0.3, 0.4) is 0 Å². The fourth-order valence-electron chi connectivity index (χ4n) is 3.21. The number of anilines is 1. The molecule has 1 saturated heterocycles. The first-order valence-electron chi connectivity index (χ1n) is 9.37. The standard InChI is InChI=1S/C20H30ClN3OS/c1-14(2)7-12-24(18-8-10-23(11-9-18)16(4)25)20(26)22-17-6-5-15(3)19(21)13-17/h5-6,13-14,18H,7-12H2,1-4H3,(H,22,26). The lowest BCUT2D eigenvalue weighted by Crippen LogP contribution is -2.50. The first-order chi connectivity index (χ1) is 12.3. The number of carbonyl (C=O) groups excluding carboxylic acids is 1. The van der Waals surface area contributed by atoms with Crippen LogP contribution in [0.25, 0.3) is 0 Å². The normalized spacial score (nSPS) is 15.2. The number of likely N-dealkylation sites (tertiary alicyclic amines) is 1. The van der Waals surface area contributed by atoms with E-state index < -0.39 is 0 Å². The van der Waals surface area contributed by atoms with E-state index >= 15 is 0 Å². The molecule has 1 aliphatic rings. The van der Waals surface area contributed by atoms with Gasteiger partial charge in [-0.3, -0.25) is 4.79 Å². The predicted octanol–water partition coefficient (Wildman–Crippen LogP) is 4.70. The monoisotopic (exact) mass is 395 g/mol. The fourth-order valence-corrected chi connectivity index (χ4v) is 3.74. The van der Waals surface area contributed by atoms with E-state index in [-0.39, 0.29) is 5.91 Å². The molecule has 4 nitrogen and oxygen atoms in total. The molecule has 1 amide bonds. The zero-order valence-electron chi connectivity index (χ0n) is 16.2. The molecule has 0 bridgehead atoms. The van der Waals surface area contributed by atoms with Gasteiger partial charge in [0.15, 0.2) is 5.11 Å². The number of halogens is 1. The number of hydrogen-bond donors (Lipinski definition) is 1. The molecule has 1 heterocycles. The van der Waals surface area contributed by atoms with Crippen molar-refractivity contribution in [2.24, 2.45) is 5.92 Å². The molecule has 0 spiro atoms. The molecule has 26 heavy (non-hydrogen) atoms. The molecular formula is C20H30ClN3OS. The van der Waals surface area contributed by atoms with Crippen LogP contribution in [0.2, 0.25) is 5.02 Å². The highest BCUT2D eigenvalue weighted by Gasteiger charge is 2.27. The lowest BCUT2D eigenvalue weighted by Gasteiger charge is -2.40. The van der Waals surface area contributed by atoms with Gasteiger partial charge in [-0.1, -0.05) is 31.5 Å². The summed E-state index contributed by atoms with van der Waals surface area (Å²) in [5.74, 6) is 0.776. The van der Waals surface area contributed by atoms with Crippen LogP contribution in [0.15, 0.2) is 18.2 Å². The summed E-state index contributed by atoms with van der Waals surface area (Å²) in [6, 6.07) is 6.29. The minimum absolute atomic E-state index is 0.159. The van der Waals surface area contributed by atoms with Crippen molar-refractivity contribution in [3.05, 3.63) is 28.8 Å². The second kappa shape index (κ2) is 9.56. The number of hydrogen-bond acceptors (Lipinski definition) is 2. The summed E-state index contributed by atoms with van der Waals surface area (Å²) in [4.78, 5) is 15.8. The van der Waals surface area contributed by atoms with Crippen LogP contribution in [0.1, 0.15) is 45.6 Å². The maximum absolute atomic E-state index is 11.6. The van der Waals surface area contributed by atoms with Gasteiger partial charge in [-0.2, -0.15) is 0 Å². The molecule has 144 valence electrons. The highest BCUT2D eigenvalue weighted by molar-refractivity contribution is 7.80. The molecule has 0 unspecified atom stereocenters. The quantitative estimate of drug-likeness (QED) is 0.732. The summed E-state index contributed by atoms with van der Waals surface area (Å²) in [7, 11) is 0. The van der Waals surface area contributed by atoms with E-state index in [9.17, 15) is 4.79 Å². The number of thiocarbonyl (C=S) groups is 1. The molecule has 6 heteroatoms. The van der Waals surface area contributed by atoms with Crippen LogP contribution in [0.4, 0.5) is 5.69 Å². The van der Waals surface area contributed by atoms with Gasteiger partial charge in [-0.25, -0.2) is 0 Å². The van der Waals surface area contributed by atoms with Crippen LogP contribution < -0.4 is 5.32 Å². The van der Waals surface area contributed by atoms with Crippen LogP contribution >= 0.6 is 23.8 Å². The maximum Gasteiger partial charge on any atom is 0.219 e. The van der Waals surface area contributed by atoms with E-state index in [1.165, 1.54) is 0 Å². The number of piperidine rings is 1. The topological polar surface area (TPSA) is 35.6 Å². The van der Waals surface area contributed by atoms with E-state index in [0.717, 1.165) is 60.3 Å². The molecule has 1 fully saturated rings. The number of benzene rings is 1. The molecule has 0 aliphatic carbocycles. The molecule has 0 saturated carbocycles. The van der Waals surface area contributed by atoms with Gasteiger partial charge in [0.05, 0.1) is 0 Å². The second-order valence-corrected chi connectivity index (χ2v) is 8.30. The van der Waals surface area contributed by atoms with Crippen molar-refractivity contribution in [2.45, 2.75) is 53.0 Å². The molecule has 1 aromatic rings. The fraction of sp³-hybridized carbons (Fsp3) is 0.600. The summed E-state index contributed by atoms with van der Waals surface area (Å²) in [6.45, 7) is 10.6. The van der Waals surface area contributed by atoms with E-state index in [2.05, 4.69) is 24.1 Å². The number of carbonyl (C=O) groups is 1. The lowest BCUT2D eigenvalue weighted by atomic mass is 10.0. The van der Waals surface area contributed by atoms with Crippen LogP contribution in [-0.2, 0) is 4.79 Å². The number of rotatable bonds is 5. The highest BCUT2D eigenvalue weighted by Crippen LogP contribution is 2.23. The third kappa shape index (κ3) is 5.85. The Morgan fingerprint density at radius 3 is 2.58 bits per heavy atom. The number of amides is 1. The summed E-state index contributed by atoms with van der Waals surface area (Å²) < 4.78 is 0. The Kier molecular flexibility index (Phi) is 7.71. The van der Waals surface area contributed by atoms with Crippen molar-refractivity contribution in [3.63, 3.8) is 0 Å². The predicted molar refractivity (Wildman–Crippen MR) is 114 cm³/mol. The third-order valence-electron chi connectivity index (χ3n) is 4.98. The first kappa shape index (κ1) is 21.0. The van der Waals surface area contributed by atoms with Crippen molar-refractivity contribution in [3.8, 4) is 0 Å². The van der Waals surface area contributed by atoms with Crippen molar-refractivity contribution in [1.29, 1.82) is 0 Å². The van der Waals surface area contributed by atoms with Crippen molar-refractivity contribution >= 4 is 40.5 Å². The Morgan fingerprint density at radius 1 is 1.38 bits per heavy atom. The molecule has 0 aromatic heterocycles. The van der Waals surface area contributed by atoms with Crippen molar-refractivity contribution in [2.75, 3.05) is 25.0 Å². The van der Waals surface area contributed by atoms with Gasteiger partial charge in [0.2, 0.25) is 5.91 Å². The van der Waals surface area contributed by atoms with Gasteiger partial charge in [-0.05, 0) is 62.0 Å². The summed E-state index contributed by atoms with van der Waals surface area (Å²) >= 11 is 12.0. The van der Waals surface area contributed by atoms with Crippen LogP contribution in [-0.4, -0.2) is 46.5 Å². The first-order valence-corrected chi connectivity index (χ1v) is 10.2. The average molecular weight is 396 g/mol. The van der Waals surface area contributed by atoms with Gasteiger partial charge < -0.3 is 15.1 Å². The average Bonchev–Trinajstić information content (AvgIpc) is 2.58. The molecule has 2 rings (SSSR count). The zero-order valence-corrected chi connectivity index (χ0v) is 17.8. The van der Waals surface area contributed by atoms with Crippen molar-refractivity contribution < 1.29 is 4.79 Å². The van der Waals surface area contributed by atoms with Crippen LogP contribution in [0, 0.1) is 12.8 Å². The van der Waals surface area contributed by atoms with E-state index in [4.69, 9.17) is 23.8 Å². The molecule has 0 radical (unpaired) electrons. The number of aryl methyl sites for hydroxylation is 1. The van der Waals surface area contributed by atoms with E-state index in [1.54, 1.807) is 6.92 Å². The van der Waals surface area contributed by atoms with E-state index in [0.29, 0.717) is 12.0 Å². The Labute approximate surface area is 167 Å². The molecule has 1 aliphatic heterocycles. The summed E-state index contributed by atoms with van der Waals surface area (Å²) in [6.07, 6.45) is 2.99. The van der Waals surface area contributed by atoms with Gasteiger partial charge in [0.25, 0.3) is 0 Å². The minimum atomic E-state index is 0.159. The van der Waals surface area contributed by atoms with Gasteiger partial charge in [0, 0.05) is 43.3 Å². The molecule has 0 atom stereocenters. The van der Waals surface area contributed by atoms with Crippen molar-refractivity contribution in [1.82, 2.24) is 9.80 Å². The summed E-state index contributed by atoms with van der Waals surface area (Å²) in [5.41, 5.74) is 1.97. The minimum Gasteiger partial charge on any atom is -0.346 e. The van der Waals surface area contributed by atoms with Crippen LogP contribution in [0.5, 0.6) is 0 Å². The lowest BCUT2D eigenvalue weighted by molar-refractivity contribution is -0.130. The zero-order chi connectivity index (χ0) is 19.3. The summed E-state index contributed by atoms with van der Waals surface area (Å²) in [5, 5.41) is 4.84. The second-order valence-electron chi connectivity index (χ2n) is 7.51. The molecular weight excluding hydrogens is 366 g/mol. The molecule has 1 aromatic carbocycles. The Hall–Kier alpha value is -1.33. The van der Waals surface area contributed by atoms with Gasteiger partial charge in [0.1, 0.15) is 0 Å². The Balaban J connectivity index is 2.06.